The summed E-state index contributed by atoms with van der Waals surface area (Å²) in [5, 5.41) is 11.8. The second kappa shape index (κ2) is 10.8. The van der Waals surface area contributed by atoms with Gasteiger partial charge in [0, 0.05) is 6.54 Å². The molecule has 0 amide bonds. The van der Waals surface area contributed by atoms with E-state index in [-0.39, 0.29) is 12.4 Å². The normalized spacial score (nSPS) is 16.8. The van der Waals surface area contributed by atoms with Gasteiger partial charge in [0.15, 0.2) is 0 Å². The highest BCUT2D eigenvalue weighted by molar-refractivity contribution is 5.85. The molecule has 1 atom stereocenters. The van der Waals surface area contributed by atoms with Crippen LogP contribution in [0.25, 0.3) is 0 Å². The van der Waals surface area contributed by atoms with Crippen molar-refractivity contribution in [3.8, 4) is 5.75 Å². The van der Waals surface area contributed by atoms with Gasteiger partial charge in [-0.05, 0) is 69.0 Å². The maximum atomic E-state index is 11.8. The van der Waals surface area contributed by atoms with Gasteiger partial charge >= 0.3 is 0 Å². The third-order valence-corrected chi connectivity index (χ3v) is 5.57. The molecule has 154 valence electrons. The summed E-state index contributed by atoms with van der Waals surface area (Å²) in [7, 11) is 0. The minimum Gasteiger partial charge on any atom is -0.494 e. The molecule has 0 aliphatic carbocycles. The number of ether oxygens (including phenoxy) is 1. The summed E-state index contributed by atoms with van der Waals surface area (Å²) in [6.07, 6.45) is 5.56. The van der Waals surface area contributed by atoms with Crippen molar-refractivity contribution in [2.24, 2.45) is 0 Å². The Bertz CT molecular complexity index is 696. The van der Waals surface area contributed by atoms with E-state index in [1.165, 1.54) is 24.8 Å². The van der Waals surface area contributed by atoms with E-state index in [1.54, 1.807) is 0 Å². The highest BCUT2D eigenvalue weighted by atomic mass is 35.5. The average Bonchev–Trinajstić information content (AvgIpc) is 2.72. The van der Waals surface area contributed by atoms with Crippen molar-refractivity contribution in [3.05, 3.63) is 65.2 Å². The Hall–Kier alpha value is -1.55. The van der Waals surface area contributed by atoms with Crippen molar-refractivity contribution in [1.29, 1.82) is 0 Å². The van der Waals surface area contributed by atoms with E-state index >= 15 is 0 Å². The molecule has 4 heteroatoms. The Morgan fingerprint density at radius 3 is 2.07 bits per heavy atom. The monoisotopic (exact) mass is 403 g/mol. The fourth-order valence-corrected chi connectivity index (χ4v) is 3.83. The van der Waals surface area contributed by atoms with Gasteiger partial charge in [0.25, 0.3) is 0 Å². The van der Waals surface area contributed by atoms with Gasteiger partial charge in [-0.3, -0.25) is 0 Å². The molecule has 2 aromatic carbocycles. The molecule has 0 bridgehead atoms. The molecule has 1 heterocycles. The third kappa shape index (κ3) is 5.73. The smallest absolute Gasteiger partial charge is 0.119 e. The molecule has 1 aliphatic rings. The van der Waals surface area contributed by atoms with E-state index in [4.69, 9.17) is 4.74 Å². The molecular formula is C24H34ClNO2. The lowest BCUT2D eigenvalue weighted by Gasteiger charge is -2.34. The molecule has 0 saturated carbocycles. The van der Waals surface area contributed by atoms with Crippen LogP contribution in [0.15, 0.2) is 48.5 Å². The summed E-state index contributed by atoms with van der Waals surface area (Å²) in [5.74, 6) is 0.864. The lowest BCUT2D eigenvalue weighted by Crippen LogP contribution is -2.36. The topological polar surface area (TPSA) is 32.7 Å². The van der Waals surface area contributed by atoms with Crippen LogP contribution in [0.3, 0.4) is 0 Å². The van der Waals surface area contributed by atoms with Crippen LogP contribution in [0, 0.1) is 6.92 Å². The summed E-state index contributed by atoms with van der Waals surface area (Å²) in [5.41, 5.74) is 2.13. The van der Waals surface area contributed by atoms with Gasteiger partial charge in [0.05, 0.1) is 6.61 Å². The summed E-state index contributed by atoms with van der Waals surface area (Å²) >= 11 is 0. The Morgan fingerprint density at radius 1 is 0.929 bits per heavy atom. The number of likely N-dealkylation sites (tertiary alicyclic amines) is 1. The van der Waals surface area contributed by atoms with Crippen LogP contribution in [0.1, 0.15) is 55.7 Å². The van der Waals surface area contributed by atoms with E-state index in [9.17, 15) is 5.11 Å². The molecule has 0 radical (unpaired) electrons. The van der Waals surface area contributed by atoms with Crippen LogP contribution >= 0.6 is 12.4 Å². The van der Waals surface area contributed by atoms with Gasteiger partial charge in [-0.15, -0.1) is 12.4 Å². The Morgan fingerprint density at radius 2 is 1.50 bits per heavy atom. The first-order valence-corrected chi connectivity index (χ1v) is 10.4. The fourth-order valence-electron chi connectivity index (χ4n) is 3.83. The number of benzene rings is 2. The van der Waals surface area contributed by atoms with E-state index in [0.29, 0.717) is 6.42 Å². The molecule has 0 aromatic heterocycles. The predicted octanol–water partition coefficient (Wildman–Crippen LogP) is 5.32. The number of halogens is 1. The summed E-state index contributed by atoms with van der Waals surface area (Å²) in [4.78, 5) is 2.49. The lowest BCUT2D eigenvalue weighted by atomic mass is 9.83. The molecule has 3 rings (SSSR count). The van der Waals surface area contributed by atoms with Gasteiger partial charge in [0.2, 0.25) is 0 Å². The first-order chi connectivity index (χ1) is 13.1. The molecule has 1 aliphatic heterocycles. The highest BCUT2D eigenvalue weighted by Gasteiger charge is 2.32. The van der Waals surface area contributed by atoms with E-state index in [2.05, 4.69) is 43.0 Å². The Labute approximate surface area is 176 Å². The van der Waals surface area contributed by atoms with Gasteiger partial charge < -0.3 is 14.7 Å². The Kier molecular flexibility index (Phi) is 8.81. The number of hydrogen-bond acceptors (Lipinski definition) is 3. The predicted molar refractivity (Wildman–Crippen MR) is 119 cm³/mol. The maximum Gasteiger partial charge on any atom is 0.119 e. The SMILES string of the molecule is CCCOc1ccc(C(O)(CCN2CCCCC2)c2ccc(C)cc2)cc1.Cl. The van der Waals surface area contributed by atoms with Gasteiger partial charge in [-0.25, -0.2) is 0 Å². The summed E-state index contributed by atoms with van der Waals surface area (Å²) in [6.45, 7) is 8.11. The second-order valence-corrected chi connectivity index (χ2v) is 7.75. The molecule has 1 N–H and O–H groups in total. The maximum absolute atomic E-state index is 11.8. The largest absolute Gasteiger partial charge is 0.494 e. The van der Waals surface area contributed by atoms with Crippen molar-refractivity contribution >= 4 is 12.4 Å². The van der Waals surface area contributed by atoms with Crippen molar-refractivity contribution in [3.63, 3.8) is 0 Å². The number of hydrogen-bond donors (Lipinski definition) is 1. The van der Waals surface area contributed by atoms with Crippen LogP contribution in [-0.4, -0.2) is 36.2 Å². The van der Waals surface area contributed by atoms with Crippen molar-refractivity contribution < 1.29 is 9.84 Å². The minimum atomic E-state index is -0.978. The van der Waals surface area contributed by atoms with Gasteiger partial charge in [0.1, 0.15) is 11.4 Å². The number of rotatable bonds is 8. The number of nitrogens with zero attached hydrogens (tertiary/aromatic N) is 1. The van der Waals surface area contributed by atoms with E-state index in [1.807, 2.05) is 24.3 Å². The first kappa shape index (κ1) is 22.7. The number of piperidine rings is 1. The first-order valence-electron chi connectivity index (χ1n) is 10.4. The quantitative estimate of drug-likeness (QED) is 0.647. The average molecular weight is 404 g/mol. The van der Waals surface area contributed by atoms with Crippen LogP contribution in [-0.2, 0) is 5.60 Å². The van der Waals surface area contributed by atoms with Crippen LogP contribution in [0.5, 0.6) is 5.75 Å². The second-order valence-electron chi connectivity index (χ2n) is 7.75. The fraction of sp³-hybridized carbons (Fsp3) is 0.500. The van der Waals surface area contributed by atoms with Gasteiger partial charge in [-0.1, -0.05) is 55.3 Å². The number of aryl methyl sites for hydroxylation is 1. The zero-order valence-electron chi connectivity index (χ0n) is 17.2. The standard InChI is InChI=1S/C24H33NO2.ClH/c1-3-19-27-23-13-11-22(12-14-23)24(26,21-9-7-20(2)8-10-21)15-18-25-16-5-4-6-17-25;/h7-14,26H,3-6,15-19H2,1-2H3;1H. The Balaban J connectivity index is 0.00000280. The summed E-state index contributed by atoms with van der Waals surface area (Å²) in [6, 6.07) is 16.3. The molecule has 28 heavy (non-hydrogen) atoms. The third-order valence-electron chi connectivity index (χ3n) is 5.57. The zero-order valence-corrected chi connectivity index (χ0v) is 18.0. The zero-order chi connectivity index (χ0) is 19.1. The molecule has 1 saturated heterocycles. The van der Waals surface area contributed by atoms with Crippen LogP contribution in [0.4, 0.5) is 0 Å². The van der Waals surface area contributed by atoms with Crippen LogP contribution < -0.4 is 4.74 Å². The van der Waals surface area contributed by atoms with Crippen molar-refractivity contribution in [2.45, 2.75) is 51.6 Å². The van der Waals surface area contributed by atoms with Gasteiger partial charge in [-0.2, -0.15) is 0 Å². The molecular weight excluding hydrogens is 370 g/mol. The van der Waals surface area contributed by atoms with Crippen molar-refractivity contribution in [1.82, 2.24) is 4.90 Å². The molecule has 1 unspecified atom stereocenters. The van der Waals surface area contributed by atoms with Crippen molar-refractivity contribution in [2.75, 3.05) is 26.2 Å². The molecule has 0 spiro atoms. The van der Waals surface area contributed by atoms with E-state index < -0.39 is 5.60 Å². The summed E-state index contributed by atoms with van der Waals surface area (Å²) < 4.78 is 5.71. The number of aliphatic hydroxyl groups is 1. The highest BCUT2D eigenvalue weighted by Crippen LogP contribution is 2.34. The molecule has 1 fully saturated rings. The lowest BCUT2D eigenvalue weighted by molar-refractivity contribution is 0.0545. The minimum absolute atomic E-state index is 0. The van der Waals surface area contributed by atoms with E-state index in [0.717, 1.165) is 49.5 Å². The molecule has 2 aromatic rings. The van der Waals surface area contributed by atoms with Crippen LogP contribution in [0.2, 0.25) is 0 Å². The molecule has 3 nitrogen and oxygen atoms in total.